The van der Waals surface area contributed by atoms with Crippen LogP contribution in [0.3, 0.4) is 0 Å². The zero-order valence-electron chi connectivity index (χ0n) is 18.3. The zero-order valence-corrected chi connectivity index (χ0v) is 18.3. The van der Waals surface area contributed by atoms with Crippen LogP contribution in [0.5, 0.6) is 5.75 Å². The highest BCUT2D eigenvalue weighted by Crippen LogP contribution is 2.37. The van der Waals surface area contributed by atoms with Crippen molar-refractivity contribution in [3.63, 3.8) is 0 Å². The Balaban J connectivity index is 1.47. The molecule has 31 heavy (non-hydrogen) atoms. The summed E-state index contributed by atoms with van der Waals surface area (Å²) in [6.07, 6.45) is 1.12. The van der Waals surface area contributed by atoms with Gasteiger partial charge in [0.05, 0.1) is 16.7 Å². The molecule has 0 radical (unpaired) electrons. The van der Waals surface area contributed by atoms with Crippen molar-refractivity contribution >= 4 is 28.0 Å². The summed E-state index contributed by atoms with van der Waals surface area (Å²) in [5, 5.41) is 14.4. The number of fused-ring (bicyclic) bond motifs is 2. The van der Waals surface area contributed by atoms with Crippen LogP contribution < -0.4 is 10.2 Å². The highest BCUT2D eigenvalue weighted by molar-refractivity contribution is 5.89. The van der Waals surface area contributed by atoms with Crippen molar-refractivity contribution in [2.24, 2.45) is 0 Å². The van der Waals surface area contributed by atoms with Crippen molar-refractivity contribution in [2.45, 2.75) is 46.2 Å². The molecule has 1 saturated heterocycles. The molecule has 0 unspecified atom stereocenters. The van der Waals surface area contributed by atoms with Gasteiger partial charge in [0.25, 0.3) is 0 Å². The third-order valence-corrected chi connectivity index (χ3v) is 5.89. The number of nitrogens with zero attached hydrogens (tertiary/aromatic N) is 4. The maximum absolute atomic E-state index is 10.8. The first-order chi connectivity index (χ1) is 14.9. The van der Waals surface area contributed by atoms with Gasteiger partial charge in [0.15, 0.2) is 11.5 Å². The van der Waals surface area contributed by atoms with E-state index in [1.807, 2.05) is 31.2 Å². The summed E-state index contributed by atoms with van der Waals surface area (Å²) in [5.74, 6) is 1.73. The minimum atomic E-state index is 0.179. The number of phenols is 1. The van der Waals surface area contributed by atoms with Gasteiger partial charge < -0.3 is 19.7 Å². The van der Waals surface area contributed by atoms with E-state index in [4.69, 9.17) is 14.4 Å². The van der Waals surface area contributed by atoms with Gasteiger partial charge in [-0.05, 0) is 43.7 Å². The maximum Gasteiger partial charge on any atom is 0.192 e. The Hall–Kier alpha value is -3.19. The summed E-state index contributed by atoms with van der Waals surface area (Å²) in [4.78, 5) is 16.3. The summed E-state index contributed by atoms with van der Waals surface area (Å²) in [6, 6.07) is 10.7. The zero-order chi connectivity index (χ0) is 21.7. The molecule has 0 saturated carbocycles. The summed E-state index contributed by atoms with van der Waals surface area (Å²) >= 11 is 0. The molecule has 7 heteroatoms. The van der Waals surface area contributed by atoms with E-state index in [0.29, 0.717) is 45.9 Å². The number of anilines is 1. The molecule has 1 aliphatic rings. The third-order valence-electron chi connectivity index (χ3n) is 5.89. The first kappa shape index (κ1) is 19.8. The third kappa shape index (κ3) is 3.59. The molecular formula is C24H27N5O2. The predicted molar refractivity (Wildman–Crippen MR) is 123 cm³/mol. The number of hydrogen-bond acceptors (Lipinski definition) is 7. The van der Waals surface area contributed by atoms with Gasteiger partial charge >= 0.3 is 0 Å². The van der Waals surface area contributed by atoms with Gasteiger partial charge in [-0.1, -0.05) is 13.8 Å². The number of hydrogen-bond donors (Lipinski definition) is 2. The lowest BCUT2D eigenvalue weighted by molar-refractivity contribution is 0.473. The second-order valence-electron chi connectivity index (χ2n) is 8.63. The molecule has 1 atom stereocenters. The van der Waals surface area contributed by atoms with Crippen molar-refractivity contribution in [1.82, 2.24) is 20.3 Å². The summed E-state index contributed by atoms with van der Waals surface area (Å²) < 4.78 is 5.69. The molecule has 0 amide bonds. The molecule has 0 spiro atoms. The van der Waals surface area contributed by atoms with Crippen molar-refractivity contribution in [3.05, 3.63) is 41.8 Å². The molecule has 1 aromatic carbocycles. The Morgan fingerprint density at radius 3 is 2.68 bits per heavy atom. The number of aryl methyl sites for hydroxylation is 2. The van der Waals surface area contributed by atoms with Crippen LogP contribution in [0.2, 0.25) is 0 Å². The number of benzene rings is 1. The number of aromatic hydroxyl groups is 1. The molecule has 1 aliphatic heterocycles. The van der Waals surface area contributed by atoms with Crippen molar-refractivity contribution in [3.8, 4) is 17.0 Å². The number of aromatic nitrogens is 3. The molecule has 4 aromatic rings. The molecule has 0 bridgehead atoms. The number of rotatable bonds is 4. The molecule has 2 N–H and O–H groups in total. The molecule has 4 heterocycles. The van der Waals surface area contributed by atoms with Gasteiger partial charge in [-0.15, -0.1) is 0 Å². The number of nitrogens with one attached hydrogen (secondary N) is 1. The molecule has 0 aliphatic carbocycles. The van der Waals surface area contributed by atoms with Crippen LogP contribution >= 0.6 is 0 Å². The van der Waals surface area contributed by atoms with Gasteiger partial charge in [0.1, 0.15) is 17.1 Å². The first-order valence-electron chi connectivity index (χ1n) is 10.8. The Labute approximate surface area is 181 Å². The van der Waals surface area contributed by atoms with Crippen LogP contribution in [0.25, 0.3) is 33.4 Å². The predicted octanol–water partition coefficient (Wildman–Crippen LogP) is 4.34. The molecule has 5 rings (SSSR count). The highest BCUT2D eigenvalue weighted by atomic mass is 16.3. The van der Waals surface area contributed by atoms with Crippen LogP contribution in [-0.4, -0.2) is 45.2 Å². The summed E-state index contributed by atoms with van der Waals surface area (Å²) in [6.45, 7) is 9.97. The molecule has 1 fully saturated rings. The van der Waals surface area contributed by atoms with Gasteiger partial charge in [0.2, 0.25) is 0 Å². The average Bonchev–Trinajstić information content (AvgIpc) is 3.35. The number of oxazole rings is 1. The van der Waals surface area contributed by atoms with Crippen molar-refractivity contribution < 1.29 is 9.52 Å². The molecule has 3 aromatic heterocycles. The van der Waals surface area contributed by atoms with Gasteiger partial charge in [-0.25, -0.2) is 15.0 Å². The Morgan fingerprint density at radius 1 is 1.10 bits per heavy atom. The quantitative estimate of drug-likeness (QED) is 0.511. The molecule has 160 valence electrons. The van der Waals surface area contributed by atoms with Crippen LogP contribution in [0.1, 0.15) is 31.7 Å². The number of pyridine rings is 2. The van der Waals surface area contributed by atoms with Gasteiger partial charge in [0, 0.05) is 43.2 Å². The van der Waals surface area contributed by atoms with E-state index < -0.39 is 0 Å². The topological polar surface area (TPSA) is 87.3 Å². The Bertz CT molecular complexity index is 1280. The van der Waals surface area contributed by atoms with Crippen LogP contribution in [0.15, 0.2) is 34.7 Å². The minimum Gasteiger partial charge on any atom is -0.507 e. The fourth-order valence-electron chi connectivity index (χ4n) is 4.42. The van der Waals surface area contributed by atoms with E-state index >= 15 is 0 Å². The Morgan fingerprint density at radius 2 is 1.87 bits per heavy atom. The van der Waals surface area contributed by atoms with E-state index in [9.17, 15) is 5.11 Å². The SMILES string of the molecule is Cc1nc2c(C)c(O)c(-c3ccc4nc(N5CC[C@@H](NC(C)C)C5)ccc4n3)cc2o1. The van der Waals surface area contributed by atoms with E-state index in [0.717, 1.165) is 36.4 Å². The van der Waals surface area contributed by atoms with E-state index in [2.05, 4.69) is 29.0 Å². The lowest BCUT2D eigenvalue weighted by atomic mass is 10.0. The fourth-order valence-corrected chi connectivity index (χ4v) is 4.42. The highest BCUT2D eigenvalue weighted by Gasteiger charge is 2.24. The Kier molecular flexibility index (Phi) is 4.78. The second-order valence-corrected chi connectivity index (χ2v) is 8.63. The van der Waals surface area contributed by atoms with E-state index in [1.165, 1.54) is 0 Å². The maximum atomic E-state index is 10.8. The summed E-state index contributed by atoms with van der Waals surface area (Å²) in [5.41, 5.74) is 4.98. The van der Waals surface area contributed by atoms with Crippen LogP contribution in [0.4, 0.5) is 5.82 Å². The summed E-state index contributed by atoms with van der Waals surface area (Å²) in [7, 11) is 0. The normalized spacial score (nSPS) is 16.8. The van der Waals surface area contributed by atoms with E-state index in [1.54, 1.807) is 13.0 Å². The van der Waals surface area contributed by atoms with E-state index in [-0.39, 0.29) is 5.75 Å². The van der Waals surface area contributed by atoms with Gasteiger partial charge in [-0.3, -0.25) is 0 Å². The average molecular weight is 418 g/mol. The van der Waals surface area contributed by atoms with Gasteiger partial charge in [-0.2, -0.15) is 0 Å². The van der Waals surface area contributed by atoms with Crippen LogP contribution in [-0.2, 0) is 0 Å². The largest absolute Gasteiger partial charge is 0.507 e. The first-order valence-corrected chi connectivity index (χ1v) is 10.8. The lowest BCUT2D eigenvalue weighted by Crippen LogP contribution is -2.37. The lowest BCUT2D eigenvalue weighted by Gasteiger charge is -2.19. The monoisotopic (exact) mass is 417 g/mol. The number of phenolic OH excluding ortho intramolecular Hbond substituents is 1. The minimum absolute atomic E-state index is 0.179. The molecule has 7 nitrogen and oxygen atoms in total. The standard InChI is InChI=1S/C24H27N5O2/c1-13(2)25-16-9-10-29(12-16)22-8-7-19-20(28-22)6-5-18(27-19)17-11-21-23(14(3)24(17)30)26-15(4)31-21/h5-8,11,13,16,25,30H,9-10,12H2,1-4H3/t16-/m1/s1. The van der Waals surface area contributed by atoms with Crippen LogP contribution in [0, 0.1) is 13.8 Å². The fraction of sp³-hybridized carbons (Fsp3) is 0.375. The smallest absolute Gasteiger partial charge is 0.192 e. The van der Waals surface area contributed by atoms with Crippen molar-refractivity contribution in [1.29, 1.82) is 0 Å². The van der Waals surface area contributed by atoms with Crippen molar-refractivity contribution in [2.75, 3.05) is 18.0 Å². The second kappa shape index (κ2) is 7.50. The molecular weight excluding hydrogens is 390 g/mol.